The molecule has 1 aromatic rings. The molecule has 2 N–H and O–H groups in total. The topological polar surface area (TPSA) is 121 Å². The molecule has 0 aromatic heterocycles. The van der Waals surface area contributed by atoms with Gasteiger partial charge in [-0.25, -0.2) is 0 Å². The number of aromatic hydroxyl groups is 1. The highest BCUT2D eigenvalue weighted by atomic mass is 32.2. The molecule has 1 aromatic carbocycles. The number of carboxylic acid groups (broad SMARTS) is 1. The minimum Gasteiger partial charge on any atom is -0.502 e. The number of thiocarbonyl (C=S) groups is 1. The lowest BCUT2D eigenvalue weighted by Gasteiger charge is -2.57. The molecule has 168 valence electrons. The van der Waals surface area contributed by atoms with Crippen molar-refractivity contribution in [3.05, 3.63) is 38.3 Å². The molecule has 1 aliphatic heterocycles. The number of carbonyl (C=O) groups is 2. The van der Waals surface area contributed by atoms with Crippen molar-refractivity contribution in [1.82, 2.24) is 4.90 Å². The molecule has 1 saturated heterocycles. The number of nitro groups is 1. The van der Waals surface area contributed by atoms with Crippen LogP contribution in [0.2, 0.25) is 0 Å². The van der Waals surface area contributed by atoms with Crippen LogP contribution in [0.3, 0.4) is 0 Å². The summed E-state index contributed by atoms with van der Waals surface area (Å²) in [6.45, 7) is -0.554. The molecule has 4 bridgehead atoms. The smallest absolute Gasteiger partial charge is 0.323 e. The maximum absolute atomic E-state index is 12.7. The number of hydrogen-bond acceptors (Lipinski definition) is 7. The third-order valence-corrected chi connectivity index (χ3v) is 8.80. The van der Waals surface area contributed by atoms with Gasteiger partial charge in [0.1, 0.15) is 10.9 Å². The molecule has 4 aliphatic carbocycles. The predicted octanol–water partition coefficient (Wildman–Crippen LogP) is 4.05. The average molecular weight is 475 g/mol. The van der Waals surface area contributed by atoms with E-state index in [1.807, 2.05) is 0 Å². The third-order valence-electron chi connectivity index (χ3n) is 7.42. The van der Waals surface area contributed by atoms with Gasteiger partial charge in [0.25, 0.3) is 5.91 Å². The monoisotopic (exact) mass is 474 g/mol. The summed E-state index contributed by atoms with van der Waals surface area (Å²) in [6, 6.07) is 3.29. The van der Waals surface area contributed by atoms with E-state index in [2.05, 4.69) is 0 Å². The summed E-state index contributed by atoms with van der Waals surface area (Å²) in [7, 11) is 0. The zero-order valence-corrected chi connectivity index (χ0v) is 18.8. The van der Waals surface area contributed by atoms with Gasteiger partial charge in [-0.15, -0.1) is 0 Å². The van der Waals surface area contributed by atoms with E-state index in [0.29, 0.717) is 17.8 Å². The van der Waals surface area contributed by atoms with Gasteiger partial charge in [0.2, 0.25) is 5.75 Å². The number of thioether (sulfide) groups is 1. The highest BCUT2D eigenvalue weighted by Gasteiger charge is 2.52. The van der Waals surface area contributed by atoms with E-state index in [1.165, 1.54) is 31.4 Å². The first-order valence-corrected chi connectivity index (χ1v) is 11.9. The van der Waals surface area contributed by atoms with E-state index >= 15 is 0 Å². The van der Waals surface area contributed by atoms with Crippen LogP contribution in [0.1, 0.15) is 49.7 Å². The molecule has 32 heavy (non-hydrogen) atoms. The van der Waals surface area contributed by atoms with Gasteiger partial charge in [-0.2, -0.15) is 0 Å². The van der Waals surface area contributed by atoms with E-state index in [0.717, 1.165) is 41.5 Å². The van der Waals surface area contributed by atoms with Gasteiger partial charge in [-0.1, -0.05) is 24.0 Å². The maximum atomic E-state index is 12.7. The maximum Gasteiger partial charge on any atom is 0.323 e. The van der Waals surface area contributed by atoms with Crippen LogP contribution in [-0.4, -0.2) is 42.8 Å². The fourth-order valence-corrected chi connectivity index (χ4v) is 7.82. The molecular weight excluding hydrogens is 452 g/mol. The van der Waals surface area contributed by atoms with Gasteiger partial charge in [-0.05, 0) is 79.4 Å². The van der Waals surface area contributed by atoms with E-state index in [9.17, 15) is 24.8 Å². The number of phenolic OH excluding ortho intramolecular Hbond substituents is 1. The van der Waals surface area contributed by atoms with Crippen molar-refractivity contribution >= 4 is 51.9 Å². The number of phenols is 1. The Morgan fingerprint density at radius 1 is 1.25 bits per heavy atom. The highest BCUT2D eigenvalue weighted by molar-refractivity contribution is 8.26. The van der Waals surface area contributed by atoms with Crippen molar-refractivity contribution in [3.8, 4) is 5.75 Å². The Balaban J connectivity index is 1.57. The Hall–Kier alpha value is -2.46. The lowest BCUT2D eigenvalue weighted by Crippen LogP contribution is -2.48. The molecule has 0 atom stereocenters. The van der Waals surface area contributed by atoms with Gasteiger partial charge < -0.3 is 10.2 Å². The summed E-state index contributed by atoms with van der Waals surface area (Å²) in [5.41, 5.74) is 0.553. The molecule has 10 heteroatoms. The van der Waals surface area contributed by atoms with Gasteiger partial charge in [0.05, 0.1) is 9.83 Å². The van der Waals surface area contributed by atoms with E-state index < -0.39 is 29.1 Å². The molecule has 4 saturated carbocycles. The molecule has 0 radical (unpaired) electrons. The quantitative estimate of drug-likeness (QED) is 0.284. The largest absolute Gasteiger partial charge is 0.502 e. The SMILES string of the molecule is O=C(O)CN1C(=O)/C(=C\c2cc(C34CC5CC(CC(C5)C3)C4)cc([N+](=O)[O-])c2O)SC1=S. The summed E-state index contributed by atoms with van der Waals surface area (Å²) in [4.78, 5) is 36.0. The predicted molar refractivity (Wildman–Crippen MR) is 122 cm³/mol. The Bertz CT molecular complexity index is 1060. The van der Waals surface area contributed by atoms with Gasteiger partial charge >= 0.3 is 11.7 Å². The minimum absolute atomic E-state index is 0.106. The number of rotatable bonds is 5. The van der Waals surface area contributed by atoms with Crippen molar-refractivity contribution < 1.29 is 24.7 Å². The van der Waals surface area contributed by atoms with Gasteiger partial charge in [0.15, 0.2) is 0 Å². The molecule has 6 rings (SSSR count). The number of nitrogens with zero attached hydrogens (tertiary/aromatic N) is 2. The molecule has 5 fully saturated rings. The highest BCUT2D eigenvalue weighted by Crippen LogP contribution is 2.61. The van der Waals surface area contributed by atoms with Crippen LogP contribution in [0.4, 0.5) is 5.69 Å². The lowest BCUT2D eigenvalue weighted by molar-refractivity contribution is -0.386. The fourth-order valence-electron chi connectivity index (χ4n) is 6.57. The molecule has 1 amide bonds. The van der Waals surface area contributed by atoms with Crippen molar-refractivity contribution in [2.45, 2.75) is 43.9 Å². The van der Waals surface area contributed by atoms with Crippen LogP contribution >= 0.6 is 24.0 Å². The summed E-state index contributed by atoms with van der Waals surface area (Å²) < 4.78 is 0.106. The second-order valence-electron chi connectivity index (χ2n) is 9.55. The van der Waals surface area contributed by atoms with Crippen LogP contribution in [-0.2, 0) is 15.0 Å². The first-order chi connectivity index (χ1) is 15.1. The van der Waals surface area contributed by atoms with Crippen molar-refractivity contribution in [3.63, 3.8) is 0 Å². The summed E-state index contributed by atoms with van der Waals surface area (Å²) in [5, 5.41) is 31.4. The summed E-state index contributed by atoms with van der Waals surface area (Å²) in [5.74, 6) is -0.332. The molecule has 1 heterocycles. The first kappa shape index (κ1) is 21.4. The number of carboxylic acids is 1. The standard InChI is InChI=1S/C22H22N2O6S2/c25-18(26)10-23-20(28)17(32-21(23)31)5-14-4-15(6-16(19(14)27)24(29)30)22-7-11-1-12(8-22)3-13(2-11)9-22/h4-6,11-13,27H,1-3,7-10H2,(H,25,26)/b17-5+. The molecule has 0 unspecified atom stereocenters. The number of benzene rings is 1. The van der Waals surface area contributed by atoms with Gasteiger partial charge in [-0.3, -0.25) is 24.6 Å². The second kappa shape index (κ2) is 7.55. The summed E-state index contributed by atoms with van der Waals surface area (Å²) >= 11 is 6.06. The summed E-state index contributed by atoms with van der Waals surface area (Å²) in [6.07, 6.45) is 8.10. The molecule has 0 spiro atoms. The van der Waals surface area contributed by atoms with E-state index in [4.69, 9.17) is 17.3 Å². The molecule has 8 nitrogen and oxygen atoms in total. The first-order valence-electron chi connectivity index (χ1n) is 10.6. The molecule has 5 aliphatic rings. The van der Waals surface area contributed by atoms with Crippen molar-refractivity contribution in [2.75, 3.05) is 6.54 Å². The third kappa shape index (κ3) is 3.49. The average Bonchev–Trinajstić information content (AvgIpc) is 2.95. The van der Waals surface area contributed by atoms with Crippen LogP contribution in [0.15, 0.2) is 17.0 Å². The Morgan fingerprint density at radius 3 is 2.38 bits per heavy atom. The lowest BCUT2D eigenvalue weighted by atomic mass is 9.48. The van der Waals surface area contributed by atoms with E-state index in [-0.39, 0.29) is 25.9 Å². The second-order valence-corrected chi connectivity index (χ2v) is 11.2. The zero-order chi connectivity index (χ0) is 22.8. The number of carbonyl (C=O) groups excluding carboxylic acids is 1. The number of hydrogen-bond donors (Lipinski definition) is 2. The number of aliphatic carboxylic acids is 1. The minimum atomic E-state index is -1.19. The number of nitro benzene ring substituents is 1. The van der Waals surface area contributed by atoms with Crippen molar-refractivity contribution in [1.29, 1.82) is 0 Å². The Morgan fingerprint density at radius 2 is 1.84 bits per heavy atom. The van der Waals surface area contributed by atoms with Gasteiger partial charge in [0, 0.05) is 11.6 Å². The van der Waals surface area contributed by atoms with Crippen molar-refractivity contribution in [2.24, 2.45) is 17.8 Å². The Kier molecular flexibility index (Phi) is 5.05. The number of amides is 1. The van der Waals surface area contributed by atoms with Crippen LogP contribution in [0.25, 0.3) is 6.08 Å². The normalized spacial score (nSPS) is 32.2. The van der Waals surface area contributed by atoms with Crippen LogP contribution < -0.4 is 0 Å². The van der Waals surface area contributed by atoms with E-state index in [1.54, 1.807) is 6.07 Å². The fraction of sp³-hybridized carbons (Fsp3) is 0.500. The molecular formula is C22H22N2O6S2. The zero-order valence-electron chi connectivity index (χ0n) is 17.2. The van der Waals surface area contributed by atoms with Crippen LogP contribution in [0, 0.1) is 27.9 Å². The Labute approximate surface area is 193 Å². The van der Waals surface area contributed by atoms with Crippen LogP contribution in [0.5, 0.6) is 5.75 Å².